The summed E-state index contributed by atoms with van der Waals surface area (Å²) >= 11 is 4.43. The van der Waals surface area contributed by atoms with Crippen LogP contribution < -0.4 is 0 Å². The van der Waals surface area contributed by atoms with Gasteiger partial charge < -0.3 is 9.32 Å². The van der Waals surface area contributed by atoms with E-state index in [1.165, 1.54) is 0 Å². The van der Waals surface area contributed by atoms with Crippen LogP contribution in [0.15, 0.2) is 46.9 Å². The average molecular weight is 289 g/mol. The quantitative estimate of drug-likeness (QED) is 0.858. The molecule has 1 heterocycles. The van der Waals surface area contributed by atoms with E-state index < -0.39 is 0 Å². The molecule has 0 aliphatic carbocycles. The summed E-state index contributed by atoms with van der Waals surface area (Å²) in [7, 11) is 1.77. The molecule has 0 saturated heterocycles. The van der Waals surface area contributed by atoms with Crippen LogP contribution in [-0.4, -0.2) is 23.1 Å². The van der Waals surface area contributed by atoms with Crippen molar-refractivity contribution in [2.75, 3.05) is 7.05 Å². The number of aryl methyl sites for hydroxylation is 1. The molecule has 0 saturated carbocycles. The highest BCUT2D eigenvalue weighted by Crippen LogP contribution is 2.13. The number of rotatable bonds is 5. The summed E-state index contributed by atoms with van der Waals surface area (Å²) in [5.74, 6) is 1.65. The third-order valence-electron chi connectivity index (χ3n) is 3.12. The van der Waals surface area contributed by atoms with Crippen molar-refractivity contribution in [1.82, 2.24) is 4.90 Å². The molecule has 3 nitrogen and oxygen atoms in total. The SMILES string of the molecule is Cc1ccc(CN(C)C(=O)C(S)Cc2ccccc2)o1. The fourth-order valence-electron chi connectivity index (χ4n) is 2.06. The van der Waals surface area contributed by atoms with E-state index >= 15 is 0 Å². The fourth-order valence-corrected chi connectivity index (χ4v) is 2.47. The number of carbonyl (C=O) groups excluding carboxylic acids is 1. The summed E-state index contributed by atoms with van der Waals surface area (Å²) in [6, 6.07) is 13.7. The van der Waals surface area contributed by atoms with Crippen molar-refractivity contribution >= 4 is 18.5 Å². The molecule has 20 heavy (non-hydrogen) atoms. The van der Waals surface area contributed by atoms with E-state index in [0.29, 0.717) is 13.0 Å². The van der Waals surface area contributed by atoms with Crippen LogP contribution in [0.1, 0.15) is 17.1 Å². The van der Waals surface area contributed by atoms with Gasteiger partial charge in [0.15, 0.2) is 0 Å². The molecule has 0 N–H and O–H groups in total. The first-order chi connectivity index (χ1) is 9.56. The van der Waals surface area contributed by atoms with Crippen LogP contribution in [0.25, 0.3) is 0 Å². The molecule has 2 aromatic rings. The predicted molar refractivity (Wildman–Crippen MR) is 82.8 cm³/mol. The van der Waals surface area contributed by atoms with Gasteiger partial charge >= 0.3 is 0 Å². The number of furan rings is 1. The van der Waals surface area contributed by atoms with E-state index in [2.05, 4.69) is 12.6 Å². The van der Waals surface area contributed by atoms with Gasteiger partial charge in [-0.2, -0.15) is 12.6 Å². The van der Waals surface area contributed by atoms with E-state index in [9.17, 15) is 4.79 Å². The van der Waals surface area contributed by atoms with Crippen molar-refractivity contribution in [3.63, 3.8) is 0 Å². The Hall–Kier alpha value is -1.68. The van der Waals surface area contributed by atoms with Crippen LogP contribution >= 0.6 is 12.6 Å². The largest absolute Gasteiger partial charge is 0.464 e. The van der Waals surface area contributed by atoms with Gasteiger partial charge in [-0.05, 0) is 31.0 Å². The monoisotopic (exact) mass is 289 g/mol. The van der Waals surface area contributed by atoms with E-state index in [4.69, 9.17) is 4.42 Å². The Balaban J connectivity index is 1.92. The van der Waals surface area contributed by atoms with Crippen LogP contribution in [0.3, 0.4) is 0 Å². The molecule has 106 valence electrons. The zero-order valence-corrected chi connectivity index (χ0v) is 12.6. The van der Waals surface area contributed by atoms with Gasteiger partial charge in [0.05, 0.1) is 11.8 Å². The molecule has 1 aromatic carbocycles. The smallest absolute Gasteiger partial charge is 0.235 e. The summed E-state index contributed by atoms with van der Waals surface area (Å²) < 4.78 is 5.48. The van der Waals surface area contributed by atoms with Gasteiger partial charge in [0.25, 0.3) is 0 Å². The Morgan fingerprint density at radius 3 is 2.55 bits per heavy atom. The number of amides is 1. The topological polar surface area (TPSA) is 33.5 Å². The number of carbonyl (C=O) groups is 1. The fraction of sp³-hybridized carbons (Fsp3) is 0.312. The lowest BCUT2D eigenvalue weighted by atomic mass is 10.1. The molecule has 0 radical (unpaired) electrons. The number of hydrogen-bond acceptors (Lipinski definition) is 3. The van der Waals surface area contributed by atoms with Crippen LogP contribution in [0, 0.1) is 6.92 Å². The summed E-state index contributed by atoms with van der Waals surface area (Å²) in [6.45, 7) is 2.36. The molecule has 0 aliphatic heterocycles. The van der Waals surface area contributed by atoms with Gasteiger partial charge in [-0.25, -0.2) is 0 Å². The Morgan fingerprint density at radius 1 is 1.25 bits per heavy atom. The first-order valence-corrected chi connectivity index (χ1v) is 7.10. The number of thiol groups is 1. The van der Waals surface area contributed by atoms with Gasteiger partial charge in [0.2, 0.25) is 5.91 Å². The summed E-state index contributed by atoms with van der Waals surface area (Å²) in [6.07, 6.45) is 0.629. The van der Waals surface area contributed by atoms with Crippen molar-refractivity contribution in [3.8, 4) is 0 Å². The maximum Gasteiger partial charge on any atom is 0.235 e. The molecule has 1 atom stereocenters. The third-order valence-corrected chi connectivity index (χ3v) is 3.53. The number of nitrogens with zero attached hydrogens (tertiary/aromatic N) is 1. The summed E-state index contributed by atoms with van der Waals surface area (Å²) in [4.78, 5) is 13.9. The van der Waals surface area contributed by atoms with Crippen molar-refractivity contribution in [3.05, 3.63) is 59.5 Å². The van der Waals surface area contributed by atoms with Crippen molar-refractivity contribution < 1.29 is 9.21 Å². The van der Waals surface area contributed by atoms with E-state index in [1.54, 1.807) is 11.9 Å². The van der Waals surface area contributed by atoms with Crippen molar-refractivity contribution in [1.29, 1.82) is 0 Å². The Kier molecular flexibility index (Phi) is 4.90. The first kappa shape index (κ1) is 14.7. The predicted octanol–water partition coefficient (Wildman–Crippen LogP) is 3.09. The molecule has 2 rings (SSSR count). The molecular weight excluding hydrogens is 270 g/mol. The summed E-state index contributed by atoms with van der Waals surface area (Å²) in [5.41, 5.74) is 1.11. The Labute approximate surface area is 125 Å². The third kappa shape index (κ3) is 3.90. The summed E-state index contributed by atoms with van der Waals surface area (Å²) in [5, 5.41) is -0.335. The molecule has 1 unspecified atom stereocenters. The van der Waals surface area contributed by atoms with Crippen LogP contribution in [0.4, 0.5) is 0 Å². The van der Waals surface area contributed by atoms with Crippen molar-refractivity contribution in [2.24, 2.45) is 0 Å². The van der Waals surface area contributed by atoms with Gasteiger partial charge in [0.1, 0.15) is 11.5 Å². The maximum atomic E-state index is 12.3. The average Bonchev–Trinajstić information content (AvgIpc) is 2.84. The molecule has 1 amide bonds. The minimum Gasteiger partial charge on any atom is -0.464 e. The van der Waals surface area contributed by atoms with Gasteiger partial charge in [-0.3, -0.25) is 4.79 Å². The highest BCUT2D eigenvalue weighted by atomic mass is 32.1. The molecule has 0 aliphatic rings. The normalized spacial score (nSPS) is 12.2. The van der Waals surface area contributed by atoms with Crippen LogP contribution in [0.2, 0.25) is 0 Å². The highest BCUT2D eigenvalue weighted by Gasteiger charge is 2.19. The maximum absolute atomic E-state index is 12.3. The first-order valence-electron chi connectivity index (χ1n) is 6.58. The van der Waals surface area contributed by atoms with Gasteiger partial charge in [0, 0.05) is 7.05 Å². The second-order valence-corrected chi connectivity index (χ2v) is 5.54. The zero-order valence-electron chi connectivity index (χ0n) is 11.7. The molecule has 0 fully saturated rings. The van der Waals surface area contributed by atoms with Crippen LogP contribution in [-0.2, 0) is 17.8 Å². The van der Waals surface area contributed by atoms with E-state index in [1.807, 2.05) is 49.4 Å². The molecule has 1 aromatic heterocycles. The lowest BCUT2D eigenvalue weighted by molar-refractivity contribution is -0.130. The van der Waals surface area contributed by atoms with E-state index in [0.717, 1.165) is 17.1 Å². The van der Waals surface area contributed by atoms with Crippen molar-refractivity contribution in [2.45, 2.75) is 25.1 Å². The molecule has 0 bridgehead atoms. The standard InChI is InChI=1S/C16H19NO2S/c1-12-8-9-14(19-12)11-17(2)16(18)15(20)10-13-6-4-3-5-7-13/h3-9,15,20H,10-11H2,1-2H3. The Bertz CT molecular complexity index is 565. The second kappa shape index (κ2) is 6.66. The van der Waals surface area contributed by atoms with Gasteiger partial charge in [-0.1, -0.05) is 30.3 Å². The number of benzene rings is 1. The van der Waals surface area contributed by atoms with E-state index in [-0.39, 0.29) is 11.2 Å². The second-order valence-electron chi connectivity index (χ2n) is 4.91. The molecule has 0 spiro atoms. The minimum atomic E-state index is -0.335. The minimum absolute atomic E-state index is 0.00578. The lowest BCUT2D eigenvalue weighted by Crippen LogP contribution is -2.34. The molecule has 4 heteroatoms. The zero-order chi connectivity index (χ0) is 14.5. The number of hydrogen-bond donors (Lipinski definition) is 1. The van der Waals surface area contributed by atoms with Gasteiger partial charge in [-0.15, -0.1) is 0 Å². The Morgan fingerprint density at radius 2 is 1.95 bits per heavy atom. The van der Waals surface area contributed by atoms with Crippen LogP contribution in [0.5, 0.6) is 0 Å². The molecular formula is C16H19NO2S. The lowest BCUT2D eigenvalue weighted by Gasteiger charge is -2.20. The highest BCUT2D eigenvalue weighted by molar-refractivity contribution is 7.81.